The number of hydrogen-bond donors (Lipinski definition) is 1. The number of nitrogens with zero attached hydrogens (tertiary/aromatic N) is 4. The number of fused-ring (bicyclic) bond motifs is 1. The van der Waals surface area contributed by atoms with Crippen LogP contribution < -0.4 is 5.73 Å². The lowest BCUT2D eigenvalue weighted by Gasteiger charge is -2.11. The Kier molecular flexibility index (Phi) is 4.22. The molecule has 0 aromatic carbocycles. The molecule has 3 aromatic heterocycles. The van der Waals surface area contributed by atoms with Gasteiger partial charge in [-0.2, -0.15) is 0 Å². The van der Waals surface area contributed by atoms with E-state index in [4.69, 9.17) is 17.3 Å². The summed E-state index contributed by atoms with van der Waals surface area (Å²) in [6.07, 6.45) is 4.37. The molecule has 0 aliphatic rings. The third-order valence-electron chi connectivity index (χ3n) is 3.87. The molecule has 3 rings (SSSR count). The molecule has 0 radical (unpaired) electrons. The zero-order valence-electron chi connectivity index (χ0n) is 13.5. The molecule has 0 saturated heterocycles. The molecular formula is C17H20ClN5. The maximum atomic E-state index is 6.48. The quantitative estimate of drug-likeness (QED) is 0.790. The molecule has 0 spiro atoms. The van der Waals surface area contributed by atoms with Crippen LogP contribution in [-0.2, 0) is 13.0 Å². The van der Waals surface area contributed by atoms with Crippen molar-refractivity contribution in [2.45, 2.75) is 39.7 Å². The van der Waals surface area contributed by atoms with E-state index >= 15 is 0 Å². The second-order valence-corrected chi connectivity index (χ2v) is 6.29. The normalized spacial score (nSPS) is 11.5. The summed E-state index contributed by atoms with van der Waals surface area (Å²) < 4.78 is 2.03. The predicted octanol–water partition coefficient (Wildman–Crippen LogP) is 3.80. The Morgan fingerprint density at radius 1 is 1.30 bits per heavy atom. The van der Waals surface area contributed by atoms with Gasteiger partial charge in [0.1, 0.15) is 17.3 Å². The molecule has 3 aromatic rings. The number of nitrogen functional groups attached to an aromatic ring is 1. The van der Waals surface area contributed by atoms with Crippen LogP contribution in [-0.4, -0.2) is 19.5 Å². The van der Waals surface area contributed by atoms with E-state index in [0.717, 1.165) is 34.5 Å². The van der Waals surface area contributed by atoms with Gasteiger partial charge >= 0.3 is 0 Å². The largest absolute Gasteiger partial charge is 0.383 e. The van der Waals surface area contributed by atoms with Crippen LogP contribution >= 0.6 is 11.6 Å². The summed E-state index contributed by atoms with van der Waals surface area (Å²) in [5, 5.41) is 1.61. The minimum Gasteiger partial charge on any atom is -0.383 e. The molecule has 0 amide bonds. The Morgan fingerprint density at radius 3 is 2.74 bits per heavy atom. The average Bonchev–Trinajstić information content (AvgIpc) is 2.84. The van der Waals surface area contributed by atoms with E-state index in [-0.39, 0.29) is 5.92 Å². The van der Waals surface area contributed by atoms with Crippen molar-refractivity contribution < 1.29 is 0 Å². The summed E-state index contributed by atoms with van der Waals surface area (Å²) in [6.45, 7) is 6.88. The van der Waals surface area contributed by atoms with Crippen molar-refractivity contribution in [3.05, 3.63) is 46.6 Å². The van der Waals surface area contributed by atoms with Gasteiger partial charge in [0.05, 0.1) is 22.6 Å². The molecule has 3 heterocycles. The molecule has 0 fully saturated rings. The fourth-order valence-corrected chi connectivity index (χ4v) is 2.98. The second-order valence-electron chi connectivity index (χ2n) is 5.88. The van der Waals surface area contributed by atoms with Crippen LogP contribution in [0.4, 0.5) is 5.82 Å². The highest BCUT2D eigenvalue weighted by atomic mass is 35.5. The maximum Gasteiger partial charge on any atom is 0.145 e. The van der Waals surface area contributed by atoms with E-state index < -0.39 is 0 Å². The Hall–Kier alpha value is -2.14. The molecule has 0 atom stereocenters. The van der Waals surface area contributed by atoms with Crippen molar-refractivity contribution in [2.75, 3.05) is 5.73 Å². The summed E-state index contributed by atoms with van der Waals surface area (Å²) in [5.41, 5.74) is 8.76. The number of aromatic nitrogens is 4. The van der Waals surface area contributed by atoms with E-state index in [2.05, 4.69) is 35.7 Å². The molecule has 120 valence electrons. The summed E-state index contributed by atoms with van der Waals surface area (Å²) in [5.74, 6) is 1.64. The van der Waals surface area contributed by atoms with Crippen molar-refractivity contribution in [2.24, 2.45) is 0 Å². The lowest BCUT2D eigenvalue weighted by atomic mass is 10.1. The highest BCUT2D eigenvalue weighted by Crippen LogP contribution is 2.31. The molecule has 2 N–H and O–H groups in total. The molecule has 5 nitrogen and oxygen atoms in total. The monoisotopic (exact) mass is 329 g/mol. The van der Waals surface area contributed by atoms with E-state index in [0.29, 0.717) is 17.4 Å². The molecule has 6 heteroatoms. The van der Waals surface area contributed by atoms with Gasteiger partial charge in [-0.15, -0.1) is 0 Å². The number of anilines is 1. The molecule has 23 heavy (non-hydrogen) atoms. The SMILES string of the molecule is CCc1nc(C(C)C)c2c(Cl)cn(Cc3cccnc3N)c2n1. The Bertz CT molecular complexity index is 854. The van der Waals surface area contributed by atoms with E-state index in [9.17, 15) is 0 Å². The van der Waals surface area contributed by atoms with Gasteiger partial charge in [0.15, 0.2) is 0 Å². The molecule has 0 bridgehead atoms. The van der Waals surface area contributed by atoms with Gasteiger partial charge < -0.3 is 10.3 Å². The highest BCUT2D eigenvalue weighted by molar-refractivity contribution is 6.35. The molecule has 0 aliphatic heterocycles. The van der Waals surface area contributed by atoms with Crippen molar-refractivity contribution in [3.63, 3.8) is 0 Å². The van der Waals surface area contributed by atoms with Gasteiger partial charge in [0.25, 0.3) is 0 Å². The molecule has 0 aliphatic carbocycles. The van der Waals surface area contributed by atoms with Gasteiger partial charge in [-0.1, -0.05) is 38.4 Å². The van der Waals surface area contributed by atoms with Crippen LogP contribution in [0.15, 0.2) is 24.5 Å². The number of halogens is 1. The van der Waals surface area contributed by atoms with Crippen LogP contribution in [0, 0.1) is 0 Å². The van der Waals surface area contributed by atoms with Gasteiger partial charge in [0.2, 0.25) is 0 Å². The smallest absolute Gasteiger partial charge is 0.145 e. The fraction of sp³-hybridized carbons (Fsp3) is 0.353. The lowest BCUT2D eigenvalue weighted by molar-refractivity contribution is 0.784. The lowest BCUT2D eigenvalue weighted by Crippen LogP contribution is -2.07. The zero-order valence-corrected chi connectivity index (χ0v) is 14.3. The van der Waals surface area contributed by atoms with Crippen molar-refractivity contribution in [1.29, 1.82) is 0 Å². The van der Waals surface area contributed by atoms with Crippen LogP contribution in [0.3, 0.4) is 0 Å². The predicted molar refractivity (Wildman–Crippen MR) is 93.8 cm³/mol. The number of rotatable bonds is 4. The maximum absolute atomic E-state index is 6.48. The minimum absolute atomic E-state index is 0.280. The first kappa shape index (κ1) is 15.7. The minimum atomic E-state index is 0.280. The summed E-state index contributed by atoms with van der Waals surface area (Å²) >= 11 is 6.48. The van der Waals surface area contributed by atoms with E-state index in [1.165, 1.54) is 0 Å². The number of hydrogen-bond acceptors (Lipinski definition) is 4. The van der Waals surface area contributed by atoms with Gasteiger partial charge in [-0.05, 0) is 12.0 Å². The van der Waals surface area contributed by atoms with Crippen molar-refractivity contribution in [3.8, 4) is 0 Å². The molecular weight excluding hydrogens is 310 g/mol. The second kappa shape index (κ2) is 6.16. The Labute approximate surface area is 140 Å². The first-order chi connectivity index (χ1) is 11.0. The number of aryl methyl sites for hydroxylation is 1. The Balaban J connectivity index is 2.19. The Morgan fingerprint density at radius 2 is 2.09 bits per heavy atom. The highest BCUT2D eigenvalue weighted by Gasteiger charge is 2.18. The van der Waals surface area contributed by atoms with Gasteiger partial charge in [-0.25, -0.2) is 15.0 Å². The summed E-state index contributed by atoms with van der Waals surface area (Å²) in [6, 6.07) is 3.85. The first-order valence-electron chi connectivity index (χ1n) is 7.75. The fourth-order valence-electron chi connectivity index (χ4n) is 2.68. The average molecular weight is 330 g/mol. The molecule has 0 saturated carbocycles. The van der Waals surface area contributed by atoms with Gasteiger partial charge in [-0.3, -0.25) is 0 Å². The molecule has 0 unspecified atom stereocenters. The van der Waals surface area contributed by atoms with E-state index in [1.54, 1.807) is 6.20 Å². The van der Waals surface area contributed by atoms with Crippen molar-refractivity contribution in [1.82, 2.24) is 19.5 Å². The first-order valence-corrected chi connectivity index (χ1v) is 8.13. The topological polar surface area (TPSA) is 69.6 Å². The third-order valence-corrected chi connectivity index (χ3v) is 4.16. The number of pyridine rings is 1. The van der Waals surface area contributed by atoms with Crippen LogP contribution in [0.25, 0.3) is 11.0 Å². The van der Waals surface area contributed by atoms with Crippen molar-refractivity contribution >= 4 is 28.5 Å². The van der Waals surface area contributed by atoms with Gasteiger partial charge in [0, 0.05) is 24.4 Å². The standard InChI is InChI=1S/C17H20ClN5/c1-4-13-21-15(10(2)3)14-12(18)9-23(17(14)22-13)8-11-6-5-7-20-16(11)19/h5-7,9-10H,4,8H2,1-3H3,(H2,19,20). The summed E-state index contributed by atoms with van der Waals surface area (Å²) in [4.78, 5) is 13.5. The number of nitrogens with two attached hydrogens (primary N) is 1. The van der Waals surface area contributed by atoms with E-state index in [1.807, 2.05) is 22.9 Å². The zero-order chi connectivity index (χ0) is 16.6. The summed E-state index contributed by atoms with van der Waals surface area (Å²) in [7, 11) is 0. The van der Waals surface area contributed by atoms with Crippen LogP contribution in [0.2, 0.25) is 5.02 Å². The van der Waals surface area contributed by atoms with Crippen LogP contribution in [0.5, 0.6) is 0 Å². The van der Waals surface area contributed by atoms with Crippen LogP contribution in [0.1, 0.15) is 43.8 Å². The third kappa shape index (κ3) is 2.88.